The molecule has 1 aliphatic carbocycles. The Kier molecular flexibility index (Phi) is 5.79. The highest BCUT2D eigenvalue weighted by Gasteiger charge is 2.41. The number of nitrogens with zero attached hydrogens (tertiary/aromatic N) is 5. The predicted octanol–water partition coefficient (Wildman–Crippen LogP) is 3.64. The molecular formula is C25H32N6O3. The Bertz CT molecular complexity index is 1130. The third-order valence-electron chi connectivity index (χ3n) is 7.34. The standard InChI is InChI=1S/C25H32N6O3/c1-5-19-24(33)29(3)21-14-26-25(28-23(21)31(19)17-8-6-7-9-17)27-18-12-16-10-11-30(15(2)32)20(16)13-22(18)34-4/h12-14,17,19H,5-11H2,1-4H3,(H,26,27,28)/t19-/m1/s1. The Labute approximate surface area is 200 Å². The Morgan fingerprint density at radius 3 is 2.68 bits per heavy atom. The second-order valence-corrected chi connectivity index (χ2v) is 9.30. The average molecular weight is 465 g/mol. The average Bonchev–Trinajstić information content (AvgIpc) is 3.50. The molecule has 1 fully saturated rings. The molecule has 2 amide bonds. The van der Waals surface area contributed by atoms with Crippen molar-refractivity contribution < 1.29 is 14.3 Å². The number of hydrogen-bond donors (Lipinski definition) is 1. The Hall–Kier alpha value is -3.36. The van der Waals surface area contributed by atoms with E-state index in [1.54, 1.807) is 37.1 Å². The fraction of sp³-hybridized carbons (Fsp3) is 0.520. The number of methoxy groups -OCH3 is 1. The van der Waals surface area contributed by atoms with Crippen LogP contribution in [0.5, 0.6) is 5.75 Å². The number of fused-ring (bicyclic) bond motifs is 2. The van der Waals surface area contributed by atoms with Gasteiger partial charge in [0.1, 0.15) is 17.5 Å². The summed E-state index contributed by atoms with van der Waals surface area (Å²) in [4.78, 5) is 40.2. The monoisotopic (exact) mass is 464 g/mol. The fourth-order valence-electron chi connectivity index (χ4n) is 5.58. The molecule has 0 saturated heterocycles. The fourth-order valence-corrected chi connectivity index (χ4v) is 5.58. The van der Waals surface area contributed by atoms with Gasteiger partial charge in [0.15, 0.2) is 5.82 Å². The first-order chi connectivity index (χ1) is 16.4. The lowest BCUT2D eigenvalue weighted by molar-refractivity contribution is -0.120. The molecule has 0 bridgehead atoms. The van der Waals surface area contributed by atoms with E-state index in [-0.39, 0.29) is 17.9 Å². The van der Waals surface area contributed by atoms with Crippen LogP contribution in [0.4, 0.5) is 28.8 Å². The molecule has 1 N–H and O–H groups in total. The molecule has 0 unspecified atom stereocenters. The summed E-state index contributed by atoms with van der Waals surface area (Å²) >= 11 is 0. The van der Waals surface area contributed by atoms with Crippen LogP contribution in [-0.2, 0) is 16.0 Å². The van der Waals surface area contributed by atoms with Gasteiger partial charge >= 0.3 is 0 Å². The topological polar surface area (TPSA) is 90.9 Å². The van der Waals surface area contributed by atoms with Crippen LogP contribution in [-0.4, -0.2) is 54.6 Å². The van der Waals surface area contributed by atoms with Crippen molar-refractivity contribution in [2.45, 2.75) is 64.5 Å². The van der Waals surface area contributed by atoms with Crippen molar-refractivity contribution >= 4 is 40.6 Å². The highest BCUT2D eigenvalue weighted by Crippen LogP contribution is 2.41. The summed E-state index contributed by atoms with van der Waals surface area (Å²) in [6.07, 6.45) is 7.76. The minimum atomic E-state index is -0.213. The Morgan fingerprint density at radius 2 is 2.00 bits per heavy atom. The molecule has 3 aliphatic rings. The number of likely N-dealkylation sites (N-methyl/N-ethyl adjacent to an activating group) is 1. The summed E-state index contributed by atoms with van der Waals surface area (Å²) in [6.45, 7) is 4.31. The lowest BCUT2D eigenvalue weighted by Gasteiger charge is -2.43. The van der Waals surface area contributed by atoms with Gasteiger partial charge in [-0.3, -0.25) is 9.59 Å². The van der Waals surface area contributed by atoms with Crippen LogP contribution in [0.3, 0.4) is 0 Å². The van der Waals surface area contributed by atoms with Crippen LogP contribution < -0.4 is 24.8 Å². The second kappa shape index (κ2) is 8.77. The predicted molar refractivity (Wildman–Crippen MR) is 132 cm³/mol. The molecule has 1 aromatic heterocycles. The first kappa shape index (κ1) is 22.4. The lowest BCUT2D eigenvalue weighted by Crippen LogP contribution is -2.55. The molecule has 9 nitrogen and oxygen atoms in total. The van der Waals surface area contributed by atoms with Gasteiger partial charge in [-0.25, -0.2) is 4.98 Å². The van der Waals surface area contributed by atoms with Crippen LogP contribution in [0.15, 0.2) is 18.3 Å². The van der Waals surface area contributed by atoms with Crippen molar-refractivity contribution in [3.8, 4) is 5.75 Å². The van der Waals surface area contributed by atoms with E-state index in [9.17, 15) is 9.59 Å². The van der Waals surface area contributed by atoms with Crippen molar-refractivity contribution in [1.29, 1.82) is 0 Å². The second-order valence-electron chi connectivity index (χ2n) is 9.30. The lowest BCUT2D eigenvalue weighted by atomic mass is 10.0. The molecule has 5 rings (SSSR count). The van der Waals surface area contributed by atoms with Gasteiger partial charge in [-0.1, -0.05) is 19.8 Å². The molecule has 9 heteroatoms. The van der Waals surface area contributed by atoms with Crippen LogP contribution in [0, 0.1) is 0 Å². The van der Waals surface area contributed by atoms with Crippen molar-refractivity contribution in [3.05, 3.63) is 23.9 Å². The van der Waals surface area contributed by atoms with Crippen molar-refractivity contribution in [2.75, 3.05) is 40.7 Å². The molecule has 1 aromatic carbocycles. The maximum absolute atomic E-state index is 13.1. The van der Waals surface area contributed by atoms with E-state index in [1.165, 1.54) is 12.8 Å². The number of benzene rings is 1. The zero-order valence-electron chi connectivity index (χ0n) is 20.3. The molecule has 3 heterocycles. The molecule has 0 spiro atoms. The first-order valence-corrected chi connectivity index (χ1v) is 12.1. The van der Waals surface area contributed by atoms with Crippen LogP contribution >= 0.6 is 0 Å². The Morgan fingerprint density at radius 1 is 1.24 bits per heavy atom. The molecule has 0 radical (unpaired) electrons. The van der Waals surface area contributed by atoms with Gasteiger partial charge in [-0.2, -0.15) is 4.98 Å². The van der Waals surface area contributed by atoms with Crippen LogP contribution in [0.25, 0.3) is 0 Å². The normalized spacial score (nSPS) is 19.9. The number of nitrogens with one attached hydrogen (secondary N) is 1. The number of anilines is 5. The van der Waals surface area contributed by atoms with E-state index in [0.717, 1.165) is 54.1 Å². The van der Waals surface area contributed by atoms with Gasteiger partial charge < -0.3 is 24.8 Å². The molecular weight excluding hydrogens is 432 g/mol. The van der Waals surface area contributed by atoms with Crippen molar-refractivity contribution in [3.63, 3.8) is 0 Å². The van der Waals surface area contributed by atoms with Crippen molar-refractivity contribution in [2.24, 2.45) is 0 Å². The maximum atomic E-state index is 13.1. The van der Waals surface area contributed by atoms with Gasteiger partial charge in [0.25, 0.3) is 0 Å². The molecule has 2 aliphatic heterocycles. The summed E-state index contributed by atoms with van der Waals surface area (Å²) in [5.74, 6) is 2.01. The summed E-state index contributed by atoms with van der Waals surface area (Å²) < 4.78 is 5.63. The maximum Gasteiger partial charge on any atom is 0.249 e. The van der Waals surface area contributed by atoms with Gasteiger partial charge in [0, 0.05) is 32.6 Å². The SMILES string of the molecule is CC[C@@H]1C(=O)N(C)c2cnc(Nc3cc4c(cc3OC)N(C(C)=O)CC4)nc2N1C1CCCC1. The first-order valence-electron chi connectivity index (χ1n) is 12.1. The number of ether oxygens (including phenoxy) is 1. The highest BCUT2D eigenvalue weighted by atomic mass is 16.5. The number of aromatic nitrogens is 2. The van der Waals surface area contributed by atoms with E-state index >= 15 is 0 Å². The van der Waals surface area contributed by atoms with E-state index in [2.05, 4.69) is 22.1 Å². The van der Waals surface area contributed by atoms with Gasteiger partial charge in [-0.15, -0.1) is 0 Å². The Balaban J connectivity index is 1.52. The summed E-state index contributed by atoms with van der Waals surface area (Å²) in [5.41, 5.74) is 3.47. The minimum absolute atomic E-state index is 0.0238. The molecule has 34 heavy (non-hydrogen) atoms. The highest BCUT2D eigenvalue weighted by molar-refractivity contribution is 6.04. The third-order valence-corrected chi connectivity index (χ3v) is 7.34. The zero-order valence-corrected chi connectivity index (χ0v) is 20.3. The van der Waals surface area contributed by atoms with Gasteiger partial charge in [0.2, 0.25) is 17.8 Å². The van der Waals surface area contributed by atoms with Crippen LogP contribution in [0.2, 0.25) is 0 Å². The molecule has 180 valence electrons. The molecule has 1 atom stereocenters. The smallest absolute Gasteiger partial charge is 0.249 e. The summed E-state index contributed by atoms with van der Waals surface area (Å²) in [7, 11) is 3.42. The third kappa shape index (κ3) is 3.63. The van der Waals surface area contributed by atoms with Crippen LogP contribution in [0.1, 0.15) is 51.5 Å². The zero-order chi connectivity index (χ0) is 24.0. The van der Waals surface area contributed by atoms with E-state index in [1.807, 2.05) is 12.1 Å². The van der Waals surface area contributed by atoms with Gasteiger partial charge in [-0.05, 0) is 37.3 Å². The molecule has 2 aromatic rings. The molecule has 1 saturated carbocycles. The summed E-state index contributed by atoms with van der Waals surface area (Å²) in [5, 5.41) is 3.34. The number of hydrogen-bond acceptors (Lipinski definition) is 7. The number of rotatable bonds is 5. The number of carbonyl (C=O) groups excluding carboxylic acids is 2. The quantitative estimate of drug-likeness (QED) is 0.722. The van der Waals surface area contributed by atoms with E-state index < -0.39 is 0 Å². The summed E-state index contributed by atoms with van der Waals surface area (Å²) in [6, 6.07) is 4.01. The number of carbonyl (C=O) groups is 2. The van der Waals surface area contributed by atoms with Crippen molar-refractivity contribution in [1.82, 2.24) is 9.97 Å². The van der Waals surface area contributed by atoms with E-state index in [4.69, 9.17) is 9.72 Å². The largest absolute Gasteiger partial charge is 0.494 e. The minimum Gasteiger partial charge on any atom is -0.494 e. The van der Waals surface area contributed by atoms with Gasteiger partial charge in [0.05, 0.1) is 24.7 Å². The number of amides is 2. The van der Waals surface area contributed by atoms with E-state index in [0.29, 0.717) is 24.3 Å².